The van der Waals surface area contributed by atoms with Crippen LogP contribution in [0.25, 0.3) is 93.9 Å². The second-order valence-electron chi connectivity index (χ2n) is 16.0. The van der Waals surface area contributed by atoms with E-state index in [0.717, 1.165) is 66.9 Å². The molecule has 0 aliphatic carbocycles. The SMILES string of the molecule is c1ccc(-c2ccc(-c3ccccc3N(c3ccc(-c4ccccc4)cc3)c3ccc(-c4ccccc4-n4c5ccccc5c5ccccc54)c4oc5ccccc5c34)cc2)cc1. The minimum Gasteiger partial charge on any atom is -0.455 e. The summed E-state index contributed by atoms with van der Waals surface area (Å²) in [6, 6.07) is 86.9. The fourth-order valence-electron chi connectivity index (χ4n) is 9.51. The van der Waals surface area contributed by atoms with Crippen LogP contribution in [-0.4, -0.2) is 4.57 Å². The minimum absolute atomic E-state index is 0.845. The molecule has 3 heteroatoms. The van der Waals surface area contributed by atoms with Crippen LogP contribution >= 0.6 is 0 Å². The minimum atomic E-state index is 0.845. The summed E-state index contributed by atoms with van der Waals surface area (Å²) in [5.41, 5.74) is 17.4. The summed E-state index contributed by atoms with van der Waals surface area (Å²) in [6.07, 6.45) is 0. The highest BCUT2D eigenvalue weighted by atomic mass is 16.3. The molecule has 3 nitrogen and oxygen atoms in total. The number of furan rings is 1. The van der Waals surface area contributed by atoms with Gasteiger partial charge in [0.1, 0.15) is 11.2 Å². The number of benzene rings is 10. The lowest BCUT2D eigenvalue weighted by Gasteiger charge is -2.29. The molecule has 0 saturated carbocycles. The molecule has 296 valence electrons. The van der Waals surface area contributed by atoms with Gasteiger partial charge in [0.25, 0.3) is 0 Å². The number of rotatable bonds is 8. The summed E-state index contributed by atoms with van der Waals surface area (Å²) in [6.45, 7) is 0. The molecule has 63 heavy (non-hydrogen) atoms. The van der Waals surface area contributed by atoms with Crippen molar-refractivity contribution in [3.63, 3.8) is 0 Å². The highest BCUT2D eigenvalue weighted by Crippen LogP contribution is 2.49. The number of aromatic nitrogens is 1. The maximum absolute atomic E-state index is 7.06. The maximum atomic E-state index is 7.06. The summed E-state index contributed by atoms with van der Waals surface area (Å²) >= 11 is 0. The molecule has 0 N–H and O–H groups in total. The van der Waals surface area contributed by atoms with E-state index in [9.17, 15) is 0 Å². The molecule has 0 aliphatic heterocycles. The lowest BCUT2D eigenvalue weighted by atomic mass is 9.96. The lowest BCUT2D eigenvalue weighted by Crippen LogP contribution is -2.12. The van der Waals surface area contributed by atoms with Gasteiger partial charge in [-0.1, -0.05) is 188 Å². The van der Waals surface area contributed by atoms with Gasteiger partial charge < -0.3 is 13.9 Å². The molecule has 0 aliphatic rings. The van der Waals surface area contributed by atoms with Crippen molar-refractivity contribution in [2.75, 3.05) is 4.90 Å². The number of hydrogen-bond acceptors (Lipinski definition) is 2. The Labute approximate surface area is 366 Å². The Bertz CT molecular complexity index is 3550. The van der Waals surface area contributed by atoms with E-state index >= 15 is 0 Å². The first-order valence-electron chi connectivity index (χ1n) is 21.5. The number of anilines is 3. The second-order valence-corrected chi connectivity index (χ2v) is 16.0. The summed E-state index contributed by atoms with van der Waals surface area (Å²) in [4.78, 5) is 2.42. The highest BCUT2D eigenvalue weighted by molar-refractivity contribution is 6.18. The normalized spacial score (nSPS) is 11.5. The third-order valence-electron chi connectivity index (χ3n) is 12.4. The van der Waals surface area contributed by atoms with Crippen LogP contribution in [0.5, 0.6) is 0 Å². The van der Waals surface area contributed by atoms with Gasteiger partial charge in [0.2, 0.25) is 0 Å². The summed E-state index contributed by atoms with van der Waals surface area (Å²) in [7, 11) is 0. The second kappa shape index (κ2) is 15.3. The first-order valence-corrected chi connectivity index (χ1v) is 21.5. The van der Waals surface area contributed by atoms with Crippen LogP contribution in [0.1, 0.15) is 0 Å². The van der Waals surface area contributed by atoms with Gasteiger partial charge >= 0.3 is 0 Å². The molecule has 2 aromatic heterocycles. The Morgan fingerprint density at radius 3 is 1.48 bits per heavy atom. The zero-order chi connectivity index (χ0) is 41.7. The van der Waals surface area contributed by atoms with Crippen LogP contribution in [0, 0.1) is 0 Å². The van der Waals surface area contributed by atoms with E-state index in [1.165, 1.54) is 44.1 Å². The predicted molar refractivity (Wildman–Crippen MR) is 264 cm³/mol. The van der Waals surface area contributed by atoms with Gasteiger partial charge in [0.05, 0.1) is 33.5 Å². The third-order valence-corrected chi connectivity index (χ3v) is 12.4. The standard InChI is InChI=1S/C60H40N2O/c1-3-17-41(18-4-1)43-31-33-45(34-32-43)47-21-7-12-26-53(47)61(46-37-35-44(36-38-46)42-19-5-2-6-20-42)57-40-39-51(60-59(57)52-25-11-16-30-58(52)63-60)50-24-10-15-29-56(50)62-54-27-13-8-22-48(54)49-23-9-14-28-55(49)62/h1-40H. The molecule has 12 rings (SSSR count). The van der Waals surface area contributed by atoms with E-state index in [0.29, 0.717) is 0 Å². The molecule has 10 aromatic carbocycles. The quantitative estimate of drug-likeness (QED) is 0.153. The van der Waals surface area contributed by atoms with E-state index in [1.54, 1.807) is 0 Å². The van der Waals surface area contributed by atoms with E-state index in [-0.39, 0.29) is 0 Å². The number of para-hydroxylation sites is 5. The highest BCUT2D eigenvalue weighted by Gasteiger charge is 2.25. The van der Waals surface area contributed by atoms with Crippen molar-refractivity contribution in [3.05, 3.63) is 243 Å². The molecule has 2 heterocycles. The molecule has 12 aromatic rings. The zero-order valence-corrected chi connectivity index (χ0v) is 34.4. The van der Waals surface area contributed by atoms with E-state index in [2.05, 4.69) is 252 Å². The summed E-state index contributed by atoms with van der Waals surface area (Å²) < 4.78 is 9.46. The van der Waals surface area contributed by atoms with Gasteiger partial charge in [-0.15, -0.1) is 0 Å². The average molecular weight is 805 g/mol. The van der Waals surface area contributed by atoms with Gasteiger partial charge in [-0.05, 0) is 82.4 Å². The van der Waals surface area contributed by atoms with Crippen LogP contribution in [0.2, 0.25) is 0 Å². The summed E-state index contributed by atoms with van der Waals surface area (Å²) in [5.74, 6) is 0. The largest absolute Gasteiger partial charge is 0.455 e. The first kappa shape index (κ1) is 36.5. The molecule has 0 amide bonds. The molecule has 0 saturated heterocycles. The molecule has 0 atom stereocenters. The van der Waals surface area contributed by atoms with Crippen molar-refractivity contribution in [1.29, 1.82) is 0 Å². The van der Waals surface area contributed by atoms with Gasteiger partial charge in [-0.2, -0.15) is 0 Å². The smallest absolute Gasteiger partial charge is 0.145 e. The zero-order valence-electron chi connectivity index (χ0n) is 34.4. The Morgan fingerprint density at radius 1 is 0.317 bits per heavy atom. The fourth-order valence-corrected chi connectivity index (χ4v) is 9.51. The fraction of sp³-hybridized carbons (Fsp3) is 0. The third kappa shape index (κ3) is 6.21. The van der Waals surface area contributed by atoms with Crippen LogP contribution in [-0.2, 0) is 0 Å². The predicted octanol–water partition coefficient (Wildman–Crippen LogP) is 16.8. The van der Waals surface area contributed by atoms with E-state index < -0.39 is 0 Å². The molecule has 0 unspecified atom stereocenters. The lowest BCUT2D eigenvalue weighted by molar-refractivity contribution is 0.670. The molecule has 0 fully saturated rings. The molecular weight excluding hydrogens is 765 g/mol. The van der Waals surface area contributed by atoms with Crippen LogP contribution in [0.3, 0.4) is 0 Å². The summed E-state index contributed by atoms with van der Waals surface area (Å²) in [5, 5.41) is 4.58. The maximum Gasteiger partial charge on any atom is 0.145 e. The van der Waals surface area contributed by atoms with E-state index in [4.69, 9.17) is 4.42 Å². The van der Waals surface area contributed by atoms with Crippen LogP contribution in [0.4, 0.5) is 17.1 Å². The van der Waals surface area contributed by atoms with Gasteiger partial charge in [-0.25, -0.2) is 0 Å². The van der Waals surface area contributed by atoms with Crippen molar-refractivity contribution in [2.45, 2.75) is 0 Å². The Morgan fingerprint density at radius 2 is 0.810 bits per heavy atom. The number of fused-ring (bicyclic) bond motifs is 6. The van der Waals surface area contributed by atoms with Gasteiger partial charge in [0, 0.05) is 38.5 Å². The number of hydrogen-bond donors (Lipinski definition) is 0. The van der Waals surface area contributed by atoms with Crippen molar-refractivity contribution in [2.24, 2.45) is 0 Å². The first-order chi connectivity index (χ1) is 31.3. The van der Waals surface area contributed by atoms with Gasteiger partial charge in [0.15, 0.2) is 0 Å². The van der Waals surface area contributed by atoms with Crippen LogP contribution < -0.4 is 4.90 Å². The molecule has 0 bridgehead atoms. The van der Waals surface area contributed by atoms with Crippen LogP contribution in [0.15, 0.2) is 247 Å². The Kier molecular flexibility index (Phi) is 8.83. The van der Waals surface area contributed by atoms with Crippen molar-refractivity contribution >= 4 is 60.8 Å². The number of nitrogens with zero attached hydrogens (tertiary/aromatic N) is 2. The van der Waals surface area contributed by atoms with E-state index in [1.807, 2.05) is 0 Å². The molecular formula is C60H40N2O. The topological polar surface area (TPSA) is 21.3 Å². The molecule has 0 spiro atoms. The Balaban J connectivity index is 1.09. The van der Waals surface area contributed by atoms with Crippen molar-refractivity contribution in [3.8, 4) is 50.2 Å². The monoisotopic (exact) mass is 804 g/mol. The molecule has 0 radical (unpaired) electrons. The van der Waals surface area contributed by atoms with Crippen molar-refractivity contribution < 1.29 is 4.42 Å². The Hall–Kier alpha value is -8.40. The van der Waals surface area contributed by atoms with Crippen molar-refractivity contribution in [1.82, 2.24) is 4.57 Å². The average Bonchev–Trinajstić information content (AvgIpc) is 3.92. The van der Waals surface area contributed by atoms with Gasteiger partial charge in [-0.3, -0.25) is 0 Å².